The Bertz CT molecular complexity index is 599. The topological polar surface area (TPSA) is 73.1 Å². The summed E-state index contributed by atoms with van der Waals surface area (Å²) in [5.74, 6) is 0.531. The van der Waals surface area contributed by atoms with Crippen molar-refractivity contribution in [2.24, 2.45) is 0 Å². The van der Waals surface area contributed by atoms with Crippen LogP contribution < -0.4 is 15.8 Å². The van der Waals surface area contributed by atoms with E-state index in [1.54, 1.807) is 6.92 Å². The maximum atomic E-state index is 12.0. The lowest BCUT2D eigenvalue weighted by Gasteiger charge is -2.11. The van der Waals surface area contributed by atoms with E-state index >= 15 is 0 Å². The number of aromatic nitrogens is 2. The maximum absolute atomic E-state index is 12.0. The molecule has 5 nitrogen and oxygen atoms in total. The highest BCUT2D eigenvalue weighted by Gasteiger charge is 2.30. The van der Waals surface area contributed by atoms with Crippen molar-refractivity contribution in [3.63, 3.8) is 0 Å². The number of hydrogen-bond acceptors (Lipinski definition) is 5. The third kappa shape index (κ3) is 3.50. The first-order valence-corrected chi connectivity index (χ1v) is 5.55. The predicted octanol–water partition coefficient (Wildman–Crippen LogP) is 3.01. The first-order chi connectivity index (χ1) is 9.35. The van der Waals surface area contributed by atoms with Crippen LogP contribution in [-0.4, -0.2) is 16.3 Å². The van der Waals surface area contributed by atoms with Gasteiger partial charge < -0.3 is 15.8 Å². The molecule has 0 fully saturated rings. The molecule has 0 bridgehead atoms. The number of hydrogen-bond donors (Lipinski definition) is 2. The number of ether oxygens (including phenoxy) is 1. The van der Waals surface area contributed by atoms with Gasteiger partial charge in [0, 0.05) is 11.3 Å². The predicted molar refractivity (Wildman–Crippen MR) is 67.6 cm³/mol. The Hall–Kier alpha value is -2.51. The van der Waals surface area contributed by atoms with Crippen LogP contribution in [0, 0.1) is 6.92 Å². The van der Waals surface area contributed by atoms with E-state index in [9.17, 15) is 13.2 Å². The highest BCUT2D eigenvalue weighted by Crippen LogP contribution is 2.26. The monoisotopic (exact) mass is 284 g/mol. The highest BCUT2D eigenvalue weighted by atomic mass is 19.4. The Kier molecular flexibility index (Phi) is 3.64. The minimum Gasteiger partial charge on any atom is -0.406 e. The van der Waals surface area contributed by atoms with Crippen LogP contribution in [0.4, 0.5) is 30.5 Å². The van der Waals surface area contributed by atoms with Crippen LogP contribution in [0.2, 0.25) is 0 Å². The number of nitrogen functional groups attached to an aromatic ring is 1. The van der Waals surface area contributed by atoms with Crippen LogP contribution in [0.15, 0.2) is 30.6 Å². The molecule has 0 radical (unpaired) electrons. The van der Waals surface area contributed by atoms with Gasteiger partial charge in [-0.3, -0.25) is 0 Å². The quantitative estimate of drug-likeness (QED) is 0.906. The summed E-state index contributed by atoms with van der Waals surface area (Å²) in [4.78, 5) is 7.82. The van der Waals surface area contributed by atoms with E-state index in [0.717, 1.165) is 0 Å². The fourth-order valence-electron chi connectivity index (χ4n) is 1.47. The van der Waals surface area contributed by atoms with Crippen LogP contribution in [0.5, 0.6) is 5.75 Å². The van der Waals surface area contributed by atoms with Crippen molar-refractivity contribution in [1.82, 2.24) is 9.97 Å². The number of nitrogens with two attached hydrogens (primary N) is 1. The Morgan fingerprint density at radius 1 is 1.15 bits per heavy atom. The second-order valence-electron chi connectivity index (χ2n) is 3.93. The van der Waals surface area contributed by atoms with Gasteiger partial charge in [-0.05, 0) is 31.2 Å². The molecule has 2 rings (SSSR count). The number of benzene rings is 1. The average Bonchev–Trinajstić information content (AvgIpc) is 2.35. The summed E-state index contributed by atoms with van der Waals surface area (Å²) >= 11 is 0. The van der Waals surface area contributed by atoms with E-state index in [4.69, 9.17) is 5.73 Å². The molecule has 1 aromatic carbocycles. The molecule has 0 saturated heterocycles. The Labute approximate surface area is 112 Å². The van der Waals surface area contributed by atoms with Crippen molar-refractivity contribution in [1.29, 1.82) is 0 Å². The molecule has 0 unspecified atom stereocenters. The number of alkyl halides is 3. The van der Waals surface area contributed by atoms with Crippen molar-refractivity contribution in [2.45, 2.75) is 13.3 Å². The zero-order chi connectivity index (χ0) is 14.8. The summed E-state index contributed by atoms with van der Waals surface area (Å²) in [6, 6.07) is 5.29. The van der Waals surface area contributed by atoms with Crippen LogP contribution in [0.25, 0.3) is 0 Å². The Morgan fingerprint density at radius 3 is 2.40 bits per heavy atom. The van der Waals surface area contributed by atoms with E-state index < -0.39 is 6.36 Å². The molecule has 3 N–H and O–H groups in total. The summed E-state index contributed by atoms with van der Waals surface area (Å²) in [6.45, 7) is 1.73. The summed E-state index contributed by atoms with van der Waals surface area (Å²) < 4.78 is 39.8. The van der Waals surface area contributed by atoms with Crippen LogP contribution in [0.3, 0.4) is 0 Å². The molecule has 0 aliphatic rings. The van der Waals surface area contributed by atoms with Gasteiger partial charge in [-0.1, -0.05) is 0 Å². The van der Waals surface area contributed by atoms with Gasteiger partial charge in [0.15, 0.2) is 0 Å². The first kappa shape index (κ1) is 13.9. The zero-order valence-electron chi connectivity index (χ0n) is 10.4. The number of rotatable bonds is 3. The standard InChI is InChI=1S/C12H11F3N4O/c1-7-10(16)17-6-18-11(7)19-8-2-4-9(5-3-8)20-12(13,14)15/h2-6H,1H3,(H3,16,17,18,19). The molecule has 2 aromatic rings. The van der Waals surface area contributed by atoms with Gasteiger partial charge in [0.1, 0.15) is 23.7 Å². The number of anilines is 3. The first-order valence-electron chi connectivity index (χ1n) is 5.55. The molecular formula is C12H11F3N4O. The highest BCUT2D eigenvalue weighted by molar-refractivity contribution is 5.63. The molecule has 0 aliphatic carbocycles. The molecular weight excluding hydrogens is 273 g/mol. The summed E-state index contributed by atoms with van der Waals surface area (Å²) in [7, 11) is 0. The van der Waals surface area contributed by atoms with Crippen LogP contribution in [-0.2, 0) is 0 Å². The molecule has 1 heterocycles. The van der Waals surface area contributed by atoms with Crippen molar-refractivity contribution < 1.29 is 17.9 Å². The molecule has 8 heteroatoms. The molecule has 0 spiro atoms. The Balaban J connectivity index is 2.13. The van der Waals surface area contributed by atoms with Crippen LogP contribution >= 0.6 is 0 Å². The van der Waals surface area contributed by atoms with E-state index in [1.165, 1.54) is 30.6 Å². The molecule has 20 heavy (non-hydrogen) atoms. The van der Waals surface area contributed by atoms with Crippen molar-refractivity contribution in [3.8, 4) is 5.75 Å². The van der Waals surface area contributed by atoms with Crippen molar-refractivity contribution in [3.05, 3.63) is 36.2 Å². The molecule has 0 amide bonds. The fraction of sp³-hybridized carbons (Fsp3) is 0.167. The number of halogens is 3. The van der Waals surface area contributed by atoms with Gasteiger partial charge in [-0.2, -0.15) is 0 Å². The van der Waals surface area contributed by atoms with E-state index in [2.05, 4.69) is 20.0 Å². The maximum Gasteiger partial charge on any atom is 0.573 e. The molecule has 0 aliphatic heterocycles. The van der Waals surface area contributed by atoms with Crippen LogP contribution in [0.1, 0.15) is 5.56 Å². The molecule has 0 atom stereocenters. The van der Waals surface area contributed by atoms with Crippen molar-refractivity contribution in [2.75, 3.05) is 11.1 Å². The minimum absolute atomic E-state index is 0.290. The summed E-state index contributed by atoms with van der Waals surface area (Å²) in [6.07, 6.45) is -3.40. The third-order valence-corrected chi connectivity index (χ3v) is 2.47. The smallest absolute Gasteiger partial charge is 0.406 e. The molecule has 106 valence electrons. The molecule has 0 saturated carbocycles. The minimum atomic E-state index is -4.70. The zero-order valence-corrected chi connectivity index (χ0v) is 10.4. The molecule has 1 aromatic heterocycles. The van der Waals surface area contributed by atoms with Gasteiger partial charge in [0.2, 0.25) is 0 Å². The second kappa shape index (κ2) is 5.24. The Morgan fingerprint density at radius 2 is 1.80 bits per heavy atom. The lowest BCUT2D eigenvalue weighted by molar-refractivity contribution is -0.274. The number of nitrogens with zero attached hydrogens (tertiary/aromatic N) is 2. The van der Waals surface area contributed by atoms with Gasteiger partial charge in [0.25, 0.3) is 0 Å². The average molecular weight is 284 g/mol. The van der Waals surface area contributed by atoms with Gasteiger partial charge >= 0.3 is 6.36 Å². The summed E-state index contributed by atoms with van der Waals surface area (Å²) in [5, 5.41) is 2.94. The van der Waals surface area contributed by atoms with Gasteiger partial charge in [-0.15, -0.1) is 13.2 Å². The summed E-state index contributed by atoms with van der Waals surface area (Å²) in [5.41, 5.74) is 6.84. The van der Waals surface area contributed by atoms with Crippen molar-refractivity contribution >= 4 is 17.3 Å². The normalized spacial score (nSPS) is 11.2. The lowest BCUT2D eigenvalue weighted by Crippen LogP contribution is -2.17. The van der Waals surface area contributed by atoms with E-state index in [-0.39, 0.29) is 5.75 Å². The van der Waals surface area contributed by atoms with E-state index in [0.29, 0.717) is 22.9 Å². The lowest BCUT2D eigenvalue weighted by atomic mass is 10.2. The SMILES string of the molecule is Cc1c(N)ncnc1Nc1ccc(OC(F)(F)F)cc1. The number of nitrogens with one attached hydrogen (secondary N) is 1. The third-order valence-electron chi connectivity index (χ3n) is 2.47. The fourth-order valence-corrected chi connectivity index (χ4v) is 1.47. The second-order valence-corrected chi connectivity index (χ2v) is 3.93. The van der Waals surface area contributed by atoms with E-state index in [1.807, 2.05) is 0 Å². The van der Waals surface area contributed by atoms with Gasteiger partial charge in [-0.25, -0.2) is 9.97 Å². The van der Waals surface area contributed by atoms with Gasteiger partial charge in [0.05, 0.1) is 0 Å². The largest absolute Gasteiger partial charge is 0.573 e.